The fourth-order valence-corrected chi connectivity index (χ4v) is 3.38. The van der Waals surface area contributed by atoms with Crippen molar-refractivity contribution in [2.75, 3.05) is 0 Å². The van der Waals surface area contributed by atoms with Gasteiger partial charge in [0.1, 0.15) is 11.6 Å². The highest BCUT2D eigenvalue weighted by atomic mass is 32.0. The predicted molar refractivity (Wildman–Crippen MR) is 99.6 cm³/mol. The maximum atomic E-state index is 14.5. The van der Waals surface area contributed by atoms with Gasteiger partial charge in [-0.25, -0.2) is 8.78 Å². The third-order valence-corrected chi connectivity index (χ3v) is 5.50. The van der Waals surface area contributed by atoms with Crippen LogP contribution in [0.25, 0.3) is 22.3 Å². The zero-order valence-electron chi connectivity index (χ0n) is 12.6. The Kier molecular flexibility index (Phi) is 4.85. The first-order valence-corrected chi connectivity index (χ1v) is 10.0. The van der Waals surface area contributed by atoms with Crippen LogP contribution in [0.1, 0.15) is 5.56 Å². The summed E-state index contributed by atoms with van der Waals surface area (Å²) in [4.78, 5) is 0. The van der Waals surface area contributed by atoms with Crippen LogP contribution in [0.5, 0.6) is 0 Å². The number of halogens is 2. The van der Waals surface area contributed by atoms with Crippen molar-refractivity contribution in [1.29, 1.82) is 0 Å². The fourth-order valence-electron chi connectivity index (χ4n) is 2.45. The molecule has 0 aromatic heterocycles. The van der Waals surface area contributed by atoms with Crippen molar-refractivity contribution in [1.82, 2.24) is 0 Å². The van der Waals surface area contributed by atoms with Crippen LogP contribution in [0.15, 0.2) is 60.7 Å². The van der Waals surface area contributed by atoms with Crippen LogP contribution in [-0.4, -0.2) is 0 Å². The monoisotopic (exact) mass is 344 g/mol. The predicted octanol–water partition coefficient (Wildman–Crippen LogP) is 5.70. The van der Waals surface area contributed by atoms with Gasteiger partial charge >= 0.3 is 0 Å². The van der Waals surface area contributed by atoms with Gasteiger partial charge in [0.15, 0.2) is 0 Å². The van der Waals surface area contributed by atoms with Gasteiger partial charge in [0, 0.05) is 5.56 Å². The minimum absolute atomic E-state index is 0.277. The van der Waals surface area contributed by atoms with E-state index in [9.17, 15) is 8.78 Å². The van der Waals surface area contributed by atoms with Gasteiger partial charge in [-0.05, 0) is 46.6 Å². The van der Waals surface area contributed by atoms with Crippen molar-refractivity contribution in [2.24, 2.45) is 0 Å². The van der Waals surface area contributed by atoms with Gasteiger partial charge in [-0.3, -0.25) is 0 Å². The first-order chi connectivity index (χ1) is 11.1. The molecule has 23 heavy (non-hydrogen) atoms. The van der Waals surface area contributed by atoms with Crippen LogP contribution in [0.3, 0.4) is 0 Å². The van der Waals surface area contributed by atoms with E-state index in [4.69, 9.17) is 0 Å². The lowest BCUT2D eigenvalue weighted by molar-refractivity contribution is 0.618. The molecule has 0 saturated carbocycles. The summed E-state index contributed by atoms with van der Waals surface area (Å²) in [6.45, 7) is 1.71. The fraction of sp³-hybridized carbons (Fsp3) is 0.0526. The number of hydrogen-bond acceptors (Lipinski definition) is 0. The average Bonchev–Trinajstić information content (AvgIpc) is 2.57. The molecule has 0 N–H and O–H groups in total. The van der Waals surface area contributed by atoms with E-state index in [0.29, 0.717) is 30.5 Å². The molecule has 3 rings (SSSR count). The van der Waals surface area contributed by atoms with E-state index < -0.39 is 0 Å². The van der Waals surface area contributed by atoms with E-state index in [1.165, 1.54) is 17.4 Å². The highest BCUT2D eigenvalue weighted by molar-refractivity contribution is 8.06. The summed E-state index contributed by atoms with van der Waals surface area (Å²) in [6, 6.07) is 17.9. The molecule has 4 heteroatoms. The minimum atomic E-state index is -0.301. The Hall–Kier alpha value is -1.62. The van der Waals surface area contributed by atoms with Gasteiger partial charge in [0.25, 0.3) is 0 Å². The molecule has 2 unspecified atom stereocenters. The van der Waals surface area contributed by atoms with Crippen LogP contribution >= 0.6 is 17.2 Å². The summed E-state index contributed by atoms with van der Waals surface area (Å²) >= 11 is 0. The molecule has 116 valence electrons. The van der Waals surface area contributed by atoms with E-state index in [0.717, 1.165) is 5.56 Å². The maximum absolute atomic E-state index is 14.5. The Morgan fingerprint density at radius 2 is 1.30 bits per heavy atom. The molecule has 0 heterocycles. The summed E-state index contributed by atoms with van der Waals surface area (Å²) in [5.74, 6) is -0.578. The zero-order valence-corrected chi connectivity index (χ0v) is 14.8. The first-order valence-electron chi connectivity index (χ1n) is 7.21. The molecule has 0 radical (unpaired) electrons. The Morgan fingerprint density at radius 1 is 0.739 bits per heavy atom. The van der Waals surface area contributed by atoms with E-state index in [1.807, 2.05) is 36.4 Å². The van der Waals surface area contributed by atoms with E-state index in [2.05, 4.69) is 8.93 Å². The molecule has 0 aliphatic rings. The average molecular weight is 344 g/mol. The van der Waals surface area contributed by atoms with Crippen molar-refractivity contribution in [2.45, 2.75) is 6.92 Å². The molecule has 0 bridgehead atoms. The number of rotatable bonds is 3. The summed E-state index contributed by atoms with van der Waals surface area (Å²) in [6.07, 6.45) is 0. The third-order valence-electron chi connectivity index (χ3n) is 3.84. The molecule has 2 atom stereocenters. The lowest BCUT2D eigenvalue weighted by atomic mass is 9.99. The highest BCUT2D eigenvalue weighted by Gasteiger charge is 2.08. The quantitative estimate of drug-likeness (QED) is 0.535. The molecule has 0 amide bonds. The second kappa shape index (κ2) is 6.87. The minimum Gasteiger partial charge on any atom is -0.207 e. The molecule has 0 fully saturated rings. The molecule has 3 aromatic carbocycles. The van der Waals surface area contributed by atoms with Crippen LogP contribution in [-0.2, 0) is 0 Å². The summed E-state index contributed by atoms with van der Waals surface area (Å²) < 4.78 is 28.2. The second-order valence-corrected chi connectivity index (χ2v) is 7.11. The van der Waals surface area contributed by atoms with Crippen LogP contribution in [0.4, 0.5) is 8.78 Å². The SMILES string of the molecule is Cc1ccc(-c2ccc(-c3ccc(PP)cc3)c(F)c2)cc1F. The maximum Gasteiger partial charge on any atom is 0.131 e. The van der Waals surface area contributed by atoms with E-state index in [1.54, 1.807) is 19.1 Å². The summed E-state index contributed by atoms with van der Waals surface area (Å²) in [5.41, 5.74) is 3.34. The highest BCUT2D eigenvalue weighted by Crippen LogP contribution is 2.29. The van der Waals surface area contributed by atoms with E-state index in [-0.39, 0.29) is 11.6 Å². The molecule has 0 aliphatic carbocycles. The molecular weight excluding hydrogens is 328 g/mol. The molecule has 0 aliphatic heterocycles. The Balaban J connectivity index is 1.98. The lowest BCUT2D eigenvalue weighted by Crippen LogP contribution is -1.92. The van der Waals surface area contributed by atoms with Crippen molar-refractivity contribution in [3.63, 3.8) is 0 Å². The molecular formula is C19H16F2P2. The largest absolute Gasteiger partial charge is 0.207 e. The third kappa shape index (κ3) is 3.50. The van der Waals surface area contributed by atoms with Crippen molar-refractivity contribution >= 4 is 22.5 Å². The van der Waals surface area contributed by atoms with Gasteiger partial charge in [-0.15, -0.1) is 8.93 Å². The normalized spacial score (nSPS) is 11.3. The Bertz CT molecular complexity index is 842. The van der Waals surface area contributed by atoms with Gasteiger partial charge in [0.2, 0.25) is 0 Å². The molecule has 0 nitrogen and oxygen atoms in total. The Morgan fingerprint density at radius 3 is 1.87 bits per heavy atom. The number of aryl methyl sites for hydroxylation is 1. The van der Waals surface area contributed by atoms with E-state index >= 15 is 0 Å². The summed E-state index contributed by atoms with van der Waals surface area (Å²) in [7, 11) is 3.34. The van der Waals surface area contributed by atoms with Gasteiger partial charge in [0.05, 0.1) is 0 Å². The lowest BCUT2D eigenvalue weighted by Gasteiger charge is -2.08. The number of hydrogen-bond donors (Lipinski definition) is 0. The van der Waals surface area contributed by atoms with Crippen LogP contribution < -0.4 is 5.30 Å². The van der Waals surface area contributed by atoms with Crippen LogP contribution in [0.2, 0.25) is 0 Å². The van der Waals surface area contributed by atoms with Gasteiger partial charge in [-0.2, -0.15) is 0 Å². The van der Waals surface area contributed by atoms with Crippen molar-refractivity contribution < 1.29 is 8.78 Å². The number of benzene rings is 3. The zero-order chi connectivity index (χ0) is 16.4. The smallest absolute Gasteiger partial charge is 0.131 e. The molecule has 3 aromatic rings. The van der Waals surface area contributed by atoms with Gasteiger partial charge < -0.3 is 0 Å². The Labute approximate surface area is 138 Å². The first kappa shape index (κ1) is 16.2. The van der Waals surface area contributed by atoms with Crippen LogP contribution in [0, 0.1) is 18.6 Å². The molecule has 0 saturated heterocycles. The topological polar surface area (TPSA) is 0 Å². The standard InChI is InChI=1S/C19H16F2P2/c1-12-2-3-14(10-18(12)20)15-6-9-17(19(21)11-15)13-4-7-16(23-22)8-5-13/h2-11,23H,22H2,1H3. The second-order valence-electron chi connectivity index (χ2n) is 5.38. The summed E-state index contributed by atoms with van der Waals surface area (Å²) in [5, 5.41) is 1.21. The molecule has 0 spiro atoms. The van der Waals surface area contributed by atoms with Gasteiger partial charge in [-0.1, -0.05) is 56.8 Å². The van der Waals surface area contributed by atoms with Crippen molar-refractivity contribution in [3.05, 3.63) is 77.9 Å². The van der Waals surface area contributed by atoms with Crippen molar-refractivity contribution in [3.8, 4) is 22.3 Å².